The number of carbonyl (C=O) groups is 3. The summed E-state index contributed by atoms with van der Waals surface area (Å²) in [7, 11) is 1.49. The molecule has 0 spiro atoms. The van der Waals surface area contributed by atoms with E-state index in [1.54, 1.807) is 17.0 Å². The van der Waals surface area contributed by atoms with Crippen molar-refractivity contribution in [3.63, 3.8) is 0 Å². The Kier molecular flexibility index (Phi) is 13.5. The second-order valence-corrected chi connectivity index (χ2v) is 15.3. The van der Waals surface area contributed by atoms with E-state index in [4.69, 9.17) is 36.3 Å². The third-order valence-electron chi connectivity index (χ3n) is 8.51. The Hall–Kier alpha value is -4.42. The first-order chi connectivity index (χ1) is 24.5. The molecule has 1 unspecified atom stereocenters. The van der Waals surface area contributed by atoms with Crippen LogP contribution >= 0.6 is 11.6 Å². The second-order valence-electron chi connectivity index (χ2n) is 14.9. The summed E-state index contributed by atoms with van der Waals surface area (Å²) in [5.41, 5.74) is 5.80. The van der Waals surface area contributed by atoms with Crippen molar-refractivity contribution in [2.45, 2.75) is 96.4 Å². The van der Waals surface area contributed by atoms with E-state index in [-0.39, 0.29) is 59.4 Å². The number of hydrogen-bond acceptors (Lipinski definition) is 8. The number of rotatable bonds is 12. The van der Waals surface area contributed by atoms with Crippen LogP contribution in [0.2, 0.25) is 5.02 Å². The average molecular weight is 741 g/mol. The summed E-state index contributed by atoms with van der Waals surface area (Å²) < 4.78 is 38.1. The smallest absolute Gasteiger partial charge is 0.410 e. The number of nitrogens with zero attached hydrogens (tertiary/aromatic N) is 2. The Morgan fingerprint density at radius 3 is 2.21 bits per heavy atom. The minimum atomic E-state index is -0.894. The van der Waals surface area contributed by atoms with E-state index in [1.807, 2.05) is 77.9 Å². The molecule has 1 aliphatic rings. The predicted molar refractivity (Wildman–Crippen MR) is 197 cm³/mol. The molecular weight excluding hydrogens is 691 g/mol. The number of carbonyl (C=O) groups excluding carboxylic acids is 3. The lowest BCUT2D eigenvalue weighted by atomic mass is 9.86. The molecule has 11 nitrogen and oxygen atoms in total. The van der Waals surface area contributed by atoms with Gasteiger partial charge in [0.1, 0.15) is 17.8 Å². The number of methoxy groups -OCH3 is 1. The number of halogens is 2. The van der Waals surface area contributed by atoms with Crippen molar-refractivity contribution in [3.8, 4) is 17.0 Å². The number of ether oxygens (including phenoxy) is 4. The molecule has 1 aromatic heterocycles. The number of benzene rings is 2. The van der Waals surface area contributed by atoms with E-state index in [9.17, 15) is 14.4 Å². The number of primary amides is 1. The van der Waals surface area contributed by atoms with Crippen molar-refractivity contribution >= 4 is 29.7 Å². The van der Waals surface area contributed by atoms with Crippen molar-refractivity contribution in [3.05, 3.63) is 82.3 Å². The molecule has 0 radical (unpaired) electrons. The lowest BCUT2D eigenvalue weighted by Crippen LogP contribution is -2.49. The highest BCUT2D eigenvalue weighted by Crippen LogP contribution is 2.39. The third kappa shape index (κ3) is 11.0. The molecule has 13 heteroatoms. The van der Waals surface area contributed by atoms with E-state index in [1.165, 1.54) is 13.3 Å². The van der Waals surface area contributed by atoms with Crippen LogP contribution in [-0.4, -0.2) is 78.1 Å². The minimum Gasteiger partial charge on any atom is -0.473 e. The number of aromatic nitrogens is 1. The van der Waals surface area contributed by atoms with Gasteiger partial charge in [0.25, 0.3) is 11.8 Å². The molecule has 1 heterocycles. The highest BCUT2D eigenvalue weighted by Gasteiger charge is 2.35. The lowest BCUT2D eigenvalue weighted by molar-refractivity contribution is 0.00940. The van der Waals surface area contributed by atoms with Crippen LogP contribution in [-0.2, 0) is 14.2 Å². The number of nitrogens with two attached hydrogens (primary N) is 1. The van der Waals surface area contributed by atoms with Crippen molar-refractivity contribution < 1.29 is 37.7 Å². The Bertz CT molecular complexity index is 1700. The minimum absolute atomic E-state index is 0.0269. The summed E-state index contributed by atoms with van der Waals surface area (Å²) in [6.07, 6.45) is 2.72. The predicted octanol–water partition coefficient (Wildman–Crippen LogP) is 7.87. The van der Waals surface area contributed by atoms with Gasteiger partial charge in [-0.05, 0) is 90.5 Å². The molecule has 3 N–H and O–H groups in total. The molecular formula is C39H50ClFN4O7. The van der Waals surface area contributed by atoms with Crippen LogP contribution in [0, 0.1) is 5.82 Å². The summed E-state index contributed by atoms with van der Waals surface area (Å²) >= 11 is 6.72. The van der Waals surface area contributed by atoms with Gasteiger partial charge in [-0.3, -0.25) is 4.79 Å². The summed E-state index contributed by atoms with van der Waals surface area (Å²) in [6.45, 7) is 11.3. The maximum absolute atomic E-state index is 16.2. The Morgan fingerprint density at radius 1 is 0.962 bits per heavy atom. The fourth-order valence-electron chi connectivity index (χ4n) is 6.18. The van der Waals surface area contributed by atoms with Crippen molar-refractivity contribution in [1.29, 1.82) is 0 Å². The van der Waals surface area contributed by atoms with E-state index in [0.717, 1.165) is 5.56 Å². The third-order valence-corrected chi connectivity index (χ3v) is 8.84. The van der Waals surface area contributed by atoms with Gasteiger partial charge in [0.2, 0.25) is 0 Å². The molecule has 4 rings (SSSR count). The van der Waals surface area contributed by atoms with E-state index >= 15 is 4.39 Å². The van der Waals surface area contributed by atoms with Gasteiger partial charge >= 0.3 is 12.2 Å². The van der Waals surface area contributed by atoms with Gasteiger partial charge in [-0.2, -0.15) is 0 Å². The zero-order valence-electron chi connectivity index (χ0n) is 31.0. The van der Waals surface area contributed by atoms with Crippen LogP contribution in [0.15, 0.2) is 54.7 Å². The second kappa shape index (κ2) is 17.4. The molecule has 3 aromatic rings. The molecule has 1 aliphatic carbocycles. The molecule has 1 saturated carbocycles. The molecule has 0 saturated heterocycles. The number of amides is 3. The molecule has 1 atom stereocenters. The Morgan fingerprint density at radius 2 is 1.62 bits per heavy atom. The van der Waals surface area contributed by atoms with Gasteiger partial charge < -0.3 is 34.9 Å². The van der Waals surface area contributed by atoms with Gasteiger partial charge in [0.15, 0.2) is 5.82 Å². The number of alkyl carbamates (subject to hydrolysis) is 1. The van der Waals surface area contributed by atoms with Gasteiger partial charge in [0, 0.05) is 54.0 Å². The van der Waals surface area contributed by atoms with Gasteiger partial charge in [-0.25, -0.2) is 19.0 Å². The maximum Gasteiger partial charge on any atom is 0.410 e. The number of hydrogen-bond donors (Lipinski definition) is 2. The maximum atomic E-state index is 16.2. The molecule has 52 heavy (non-hydrogen) atoms. The average Bonchev–Trinajstić information content (AvgIpc) is 3.05. The molecule has 0 bridgehead atoms. The van der Waals surface area contributed by atoms with Gasteiger partial charge in [-0.1, -0.05) is 48.0 Å². The monoisotopic (exact) mass is 740 g/mol. The standard InChI is InChI=1S/C39H50ClFN4O7/c1-38(2,3)51-36(47)44-26-14-16-27(17-15-26)45(37(48)52-39(4,5)6)23-30(24-11-9-8-10-12-24)25-13-18-31(40)28(21-25)32-29(34(42)46)22-43-35(33(32)41)50-20-19-49-7/h8-13,18,21-22,26-27,30H,14-17,19-20,23H2,1-7H3,(H2,42,46)(H,44,47). The van der Waals surface area contributed by atoms with Crippen LogP contribution in [0.3, 0.4) is 0 Å². The molecule has 2 aromatic carbocycles. The first-order valence-electron chi connectivity index (χ1n) is 17.4. The van der Waals surface area contributed by atoms with E-state index in [0.29, 0.717) is 31.2 Å². The fourth-order valence-corrected chi connectivity index (χ4v) is 6.39. The normalized spacial score (nSPS) is 16.8. The van der Waals surface area contributed by atoms with Crippen LogP contribution in [0.25, 0.3) is 11.1 Å². The van der Waals surface area contributed by atoms with E-state index < -0.39 is 41.0 Å². The first kappa shape index (κ1) is 40.4. The van der Waals surface area contributed by atoms with Gasteiger partial charge in [0.05, 0.1) is 12.2 Å². The van der Waals surface area contributed by atoms with Crippen LogP contribution in [0.1, 0.15) is 94.6 Å². The highest BCUT2D eigenvalue weighted by molar-refractivity contribution is 6.33. The molecule has 0 aliphatic heterocycles. The van der Waals surface area contributed by atoms with Crippen LogP contribution < -0.4 is 15.8 Å². The number of pyridine rings is 1. The highest BCUT2D eigenvalue weighted by atomic mass is 35.5. The zero-order chi connectivity index (χ0) is 38.2. The largest absolute Gasteiger partial charge is 0.473 e. The van der Waals surface area contributed by atoms with Crippen LogP contribution in [0.5, 0.6) is 5.88 Å². The van der Waals surface area contributed by atoms with Gasteiger partial charge in [-0.15, -0.1) is 0 Å². The summed E-state index contributed by atoms with van der Waals surface area (Å²) in [4.78, 5) is 44.8. The quantitative estimate of drug-likeness (QED) is 0.179. The van der Waals surface area contributed by atoms with E-state index in [2.05, 4.69) is 10.3 Å². The molecule has 3 amide bonds. The topological polar surface area (TPSA) is 142 Å². The van der Waals surface area contributed by atoms with Crippen molar-refractivity contribution in [2.75, 3.05) is 26.9 Å². The lowest BCUT2D eigenvalue weighted by Gasteiger charge is -2.39. The first-order valence-corrected chi connectivity index (χ1v) is 17.8. The molecule has 1 fully saturated rings. The Balaban J connectivity index is 1.74. The molecule has 282 valence electrons. The Labute approximate surface area is 310 Å². The van der Waals surface area contributed by atoms with Crippen molar-refractivity contribution in [2.24, 2.45) is 5.73 Å². The fraction of sp³-hybridized carbons (Fsp3) is 0.487. The summed E-state index contributed by atoms with van der Waals surface area (Å²) in [5.74, 6) is -2.54. The number of nitrogens with one attached hydrogen (secondary N) is 1. The summed E-state index contributed by atoms with van der Waals surface area (Å²) in [5, 5.41) is 3.14. The van der Waals surface area contributed by atoms with Crippen LogP contribution in [0.4, 0.5) is 14.0 Å². The summed E-state index contributed by atoms with van der Waals surface area (Å²) in [6, 6.07) is 14.5. The SMILES string of the molecule is COCCOc1ncc(C(N)=O)c(-c2cc(C(CN(C(=O)OC(C)(C)C)C3CCC(NC(=O)OC(C)(C)C)CC3)c3ccccc3)ccc2Cl)c1F. The zero-order valence-corrected chi connectivity index (χ0v) is 31.7. The van der Waals surface area contributed by atoms with Crippen molar-refractivity contribution in [1.82, 2.24) is 15.2 Å².